The van der Waals surface area contributed by atoms with E-state index in [1.165, 1.54) is 5.57 Å². The number of hydrogen-bond acceptors (Lipinski definition) is 0. The summed E-state index contributed by atoms with van der Waals surface area (Å²) in [5.41, 5.74) is 3.44. The fourth-order valence-corrected chi connectivity index (χ4v) is 2.93. The van der Waals surface area contributed by atoms with Crippen LogP contribution in [0.2, 0.25) is 0 Å². The van der Waals surface area contributed by atoms with Crippen molar-refractivity contribution in [3.05, 3.63) is 22.3 Å². The smallest absolute Gasteiger partial charge is 0.205 e. The van der Waals surface area contributed by atoms with E-state index in [0.29, 0.717) is 12.3 Å². The second kappa shape index (κ2) is 7.07. The van der Waals surface area contributed by atoms with Crippen LogP contribution < -0.4 is 0 Å². The van der Waals surface area contributed by atoms with Crippen molar-refractivity contribution >= 4 is 0 Å². The number of hydrogen-bond donors (Lipinski definition) is 0. The lowest BCUT2D eigenvalue weighted by atomic mass is 9.77. The monoisotopic (exact) mass is 280 g/mol. The second-order valence-electron chi connectivity index (χ2n) is 6.35. The highest BCUT2D eigenvalue weighted by molar-refractivity contribution is 5.46. The van der Waals surface area contributed by atoms with Crippen molar-refractivity contribution < 1.29 is 8.78 Å². The molecule has 20 heavy (non-hydrogen) atoms. The molecule has 0 aromatic carbocycles. The minimum Gasteiger partial charge on any atom is -0.205 e. The SMILES string of the molecule is CC(C)/C1=C(C(C)C)/C(C(C)C)=C(/C(F)F)CC#CC1. The Kier molecular flexibility index (Phi) is 5.99. The van der Waals surface area contributed by atoms with Gasteiger partial charge in [-0.2, -0.15) is 0 Å². The summed E-state index contributed by atoms with van der Waals surface area (Å²) in [6.45, 7) is 12.5. The Hall–Kier alpha value is -1.10. The van der Waals surface area contributed by atoms with Crippen LogP contribution in [-0.2, 0) is 0 Å². The molecular formula is C18H26F2. The van der Waals surface area contributed by atoms with E-state index >= 15 is 0 Å². The fourth-order valence-electron chi connectivity index (χ4n) is 2.93. The van der Waals surface area contributed by atoms with Gasteiger partial charge in [-0.25, -0.2) is 8.78 Å². The number of allylic oxidation sites excluding steroid dienone is 4. The first-order valence-electron chi connectivity index (χ1n) is 7.47. The van der Waals surface area contributed by atoms with Gasteiger partial charge < -0.3 is 0 Å². The normalized spacial score (nSPS) is 24.2. The lowest BCUT2D eigenvalue weighted by Crippen LogP contribution is -2.16. The van der Waals surface area contributed by atoms with E-state index in [4.69, 9.17) is 0 Å². The predicted molar refractivity (Wildman–Crippen MR) is 81.6 cm³/mol. The Bertz CT molecular complexity index is 423. The van der Waals surface area contributed by atoms with Crippen molar-refractivity contribution in [2.75, 3.05) is 0 Å². The van der Waals surface area contributed by atoms with Gasteiger partial charge in [0.05, 0.1) is 0 Å². The van der Waals surface area contributed by atoms with E-state index < -0.39 is 6.43 Å². The van der Waals surface area contributed by atoms with Crippen LogP contribution in [0.25, 0.3) is 0 Å². The van der Waals surface area contributed by atoms with Gasteiger partial charge in [-0.15, -0.1) is 0 Å². The Morgan fingerprint density at radius 2 is 1.10 bits per heavy atom. The van der Waals surface area contributed by atoms with Gasteiger partial charge in [-0.3, -0.25) is 0 Å². The largest absolute Gasteiger partial charge is 0.261 e. The molecule has 0 aromatic heterocycles. The maximum atomic E-state index is 13.5. The maximum absolute atomic E-state index is 13.5. The van der Waals surface area contributed by atoms with Crippen LogP contribution in [0.4, 0.5) is 8.78 Å². The van der Waals surface area contributed by atoms with E-state index in [-0.39, 0.29) is 23.8 Å². The van der Waals surface area contributed by atoms with Crippen LogP contribution in [0, 0.1) is 29.6 Å². The molecule has 0 bridgehead atoms. The first-order chi connectivity index (χ1) is 9.27. The van der Waals surface area contributed by atoms with Crippen molar-refractivity contribution in [3.63, 3.8) is 0 Å². The van der Waals surface area contributed by atoms with Crippen LogP contribution >= 0.6 is 0 Å². The first kappa shape index (κ1) is 17.0. The Balaban J connectivity index is 3.65. The Morgan fingerprint density at radius 3 is 1.45 bits per heavy atom. The molecule has 0 atom stereocenters. The summed E-state index contributed by atoms with van der Waals surface area (Å²) in [5.74, 6) is 6.69. The molecule has 0 N–H and O–H groups in total. The predicted octanol–water partition coefficient (Wildman–Crippen LogP) is 5.61. The van der Waals surface area contributed by atoms with Crippen molar-refractivity contribution in [1.82, 2.24) is 0 Å². The summed E-state index contributed by atoms with van der Waals surface area (Å²) in [7, 11) is 0. The summed E-state index contributed by atoms with van der Waals surface area (Å²) >= 11 is 0. The molecule has 0 spiro atoms. The van der Waals surface area contributed by atoms with Crippen LogP contribution in [0.5, 0.6) is 0 Å². The molecular weight excluding hydrogens is 254 g/mol. The van der Waals surface area contributed by atoms with Crippen LogP contribution in [0.1, 0.15) is 54.4 Å². The summed E-state index contributed by atoms with van der Waals surface area (Å²) in [4.78, 5) is 0. The average molecular weight is 280 g/mol. The van der Waals surface area contributed by atoms with Crippen molar-refractivity contribution in [3.8, 4) is 11.8 Å². The molecule has 2 heteroatoms. The Labute approximate surface area is 122 Å². The molecule has 0 nitrogen and oxygen atoms in total. The quantitative estimate of drug-likeness (QED) is 0.587. The molecule has 0 radical (unpaired) electrons. The minimum atomic E-state index is -2.41. The third-order valence-corrected chi connectivity index (χ3v) is 3.78. The van der Waals surface area contributed by atoms with Crippen molar-refractivity contribution in [2.24, 2.45) is 17.8 Å². The van der Waals surface area contributed by atoms with Crippen LogP contribution in [0.15, 0.2) is 22.3 Å². The maximum Gasteiger partial charge on any atom is 0.261 e. The highest BCUT2D eigenvalue weighted by Crippen LogP contribution is 2.38. The van der Waals surface area contributed by atoms with Gasteiger partial charge in [-0.05, 0) is 28.9 Å². The fraction of sp³-hybridized carbons (Fsp3) is 0.667. The molecule has 0 aliphatic heterocycles. The van der Waals surface area contributed by atoms with Crippen LogP contribution in [0.3, 0.4) is 0 Å². The zero-order valence-corrected chi connectivity index (χ0v) is 13.5. The van der Waals surface area contributed by atoms with Gasteiger partial charge in [0, 0.05) is 18.4 Å². The lowest BCUT2D eigenvalue weighted by Gasteiger charge is -2.28. The van der Waals surface area contributed by atoms with Gasteiger partial charge in [0.2, 0.25) is 0 Å². The molecule has 0 fully saturated rings. The van der Waals surface area contributed by atoms with E-state index in [1.54, 1.807) is 0 Å². The third-order valence-electron chi connectivity index (χ3n) is 3.78. The number of alkyl halides is 2. The summed E-state index contributed by atoms with van der Waals surface area (Å²) in [6, 6.07) is 0. The molecule has 112 valence electrons. The van der Waals surface area contributed by atoms with E-state index in [2.05, 4.69) is 39.5 Å². The molecule has 0 aromatic rings. The standard InChI is InChI=1S/C18H26F2/c1-11(2)14-9-7-8-10-15(18(19)20)17(13(5)6)16(14)12(3)4/h11-13,18H,9-10H2,1-6H3/b16-14+,17-15+. The molecule has 0 amide bonds. The van der Waals surface area contributed by atoms with E-state index in [0.717, 1.165) is 11.1 Å². The number of halogens is 2. The molecule has 0 saturated carbocycles. The summed E-state index contributed by atoms with van der Waals surface area (Å²) in [5, 5.41) is 0. The molecule has 1 aliphatic rings. The minimum absolute atomic E-state index is 0.102. The van der Waals surface area contributed by atoms with Gasteiger partial charge in [-0.1, -0.05) is 59.0 Å². The van der Waals surface area contributed by atoms with Crippen molar-refractivity contribution in [1.29, 1.82) is 0 Å². The zero-order valence-electron chi connectivity index (χ0n) is 13.5. The van der Waals surface area contributed by atoms with Crippen LogP contribution in [-0.4, -0.2) is 6.43 Å². The molecule has 0 heterocycles. The first-order valence-corrected chi connectivity index (χ1v) is 7.47. The molecule has 0 unspecified atom stereocenters. The highest BCUT2D eigenvalue weighted by atomic mass is 19.3. The van der Waals surface area contributed by atoms with E-state index in [1.807, 2.05) is 13.8 Å². The van der Waals surface area contributed by atoms with E-state index in [9.17, 15) is 8.78 Å². The van der Waals surface area contributed by atoms with Gasteiger partial charge >= 0.3 is 0 Å². The molecule has 1 aliphatic carbocycles. The highest BCUT2D eigenvalue weighted by Gasteiger charge is 2.26. The van der Waals surface area contributed by atoms with Gasteiger partial charge in [0.25, 0.3) is 6.43 Å². The second-order valence-corrected chi connectivity index (χ2v) is 6.35. The van der Waals surface area contributed by atoms with Crippen molar-refractivity contribution in [2.45, 2.75) is 60.8 Å². The topological polar surface area (TPSA) is 0 Å². The lowest BCUT2D eigenvalue weighted by molar-refractivity contribution is 0.185. The number of rotatable bonds is 4. The zero-order chi connectivity index (χ0) is 15.4. The Morgan fingerprint density at radius 1 is 0.700 bits per heavy atom. The van der Waals surface area contributed by atoms with Gasteiger partial charge in [0.15, 0.2) is 0 Å². The molecule has 0 saturated heterocycles. The third kappa shape index (κ3) is 3.72. The average Bonchev–Trinajstić information content (AvgIpc) is 2.26. The molecule has 1 rings (SSSR count). The summed E-state index contributed by atoms with van der Waals surface area (Å²) in [6.07, 6.45) is -1.51. The van der Waals surface area contributed by atoms with Gasteiger partial charge in [0.1, 0.15) is 0 Å². The summed E-state index contributed by atoms with van der Waals surface area (Å²) < 4.78 is 26.9.